The number of benzene rings is 2. The molecule has 2 aromatic rings. The molecule has 0 saturated heterocycles. The zero-order valence-electron chi connectivity index (χ0n) is 12.9. The van der Waals surface area contributed by atoms with Crippen molar-refractivity contribution in [2.75, 3.05) is 0 Å². The van der Waals surface area contributed by atoms with Gasteiger partial charge in [-0.25, -0.2) is 0 Å². The fraction of sp³-hybridized carbons (Fsp3) is 0.263. The van der Waals surface area contributed by atoms with Crippen LogP contribution in [0.1, 0.15) is 59.9 Å². The lowest BCUT2D eigenvalue weighted by molar-refractivity contribution is 0.0979. The zero-order valence-corrected chi connectivity index (χ0v) is 12.9. The number of Topliss-reactive ketones (excluding diaryl/α,β-unsaturated/α-hetero) is 1. The Morgan fingerprint density at radius 2 is 1.24 bits per heavy atom. The Morgan fingerprint density at radius 3 is 1.76 bits per heavy atom. The van der Waals surface area contributed by atoms with Gasteiger partial charge in [-0.05, 0) is 6.42 Å². The van der Waals surface area contributed by atoms with Crippen LogP contribution in [0.5, 0.6) is 0 Å². The van der Waals surface area contributed by atoms with Crippen LogP contribution in [0, 0.1) is 0 Å². The third kappa shape index (κ3) is 4.67. The van der Waals surface area contributed by atoms with Crippen LogP contribution in [0.2, 0.25) is 0 Å². The molecule has 21 heavy (non-hydrogen) atoms. The Hall–Kier alpha value is -2.22. The predicted octanol–water partition coefficient (Wildman–Crippen LogP) is 4.93. The highest BCUT2D eigenvalue weighted by Gasteiger charge is 2.10. The summed E-state index contributed by atoms with van der Waals surface area (Å²) in [5, 5.41) is 0. The fourth-order valence-corrected chi connectivity index (χ4v) is 1.94. The van der Waals surface area contributed by atoms with Crippen molar-refractivity contribution in [3.8, 4) is 0 Å². The molecule has 0 amide bonds. The first-order chi connectivity index (χ1) is 10.2. The molecule has 0 fully saturated rings. The average Bonchev–Trinajstić information content (AvgIpc) is 2.57. The maximum atomic E-state index is 12.2. The van der Waals surface area contributed by atoms with Crippen molar-refractivity contribution >= 4 is 11.6 Å². The molecule has 2 nitrogen and oxygen atoms in total. The van der Waals surface area contributed by atoms with E-state index in [2.05, 4.69) is 0 Å². The molecule has 110 valence electrons. The molecule has 0 bridgehead atoms. The monoisotopic (exact) mass is 282 g/mol. The van der Waals surface area contributed by atoms with Crippen LogP contribution in [-0.4, -0.2) is 11.6 Å². The molecule has 0 aromatic heterocycles. The van der Waals surface area contributed by atoms with Crippen LogP contribution in [0.15, 0.2) is 54.6 Å². The highest BCUT2D eigenvalue weighted by molar-refractivity contribution is 6.09. The predicted molar refractivity (Wildman–Crippen MR) is 86.9 cm³/mol. The molecule has 0 N–H and O–H groups in total. The first-order valence-corrected chi connectivity index (χ1v) is 7.45. The molecule has 0 unspecified atom stereocenters. The van der Waals surface area contributed by atoms with Crippen molar-refractivity contribution in [1.29, 1.82) is 0 Å². The molecular formula is C19H22O2. The van der Waals surface area contributed by atoms with Gasteiger partial charge in [0.25, 0.3) is 0 Å². The maximum Gasteiger partial charge on any atom is 0.193 e. The first kappa shape index (κ1) is 16.8. The Bertz CT molecular complexity index is 568. The molecule has 0 radical (unpaired) electrons. The molecule has 2 heteroatoms. The van der Waals surface area contributed by atoms with Crippen molar-refractivity contribution in [3.05, 3.63) is 71.3 Å². The van der Waals surface area contributed by atoms with Crippen molar-refractivity contribution in [2.45, 2.75) is 33.6 Å². The van der Waals surface area contributed by atoms with Crippen LogP contribution >= 0.6 is 0 Å². The summed E-state index contributed by atoms with van der Waals surface area (Å²) in [6, 6.07) is 16.0. The first-order valence-electron chi connectivity index (χ1n) is 7.45. The normalized spacial score (nSPS) is 9.48. The van der Waals surface area contributed by atoms with Crippen molar-refractivity contribution in [2.24, 2.45) is 0 Å². The molecular weight excluding hydrogens is 260 g/mol. The quantitative estimate of drug-likeness (QED) is 0.729. The minimum Gasteiger partial charge on any atom is -0.294 e. The summed E-state index contributed by atoms with van der Waals surface area (Å²) >= 11 is 0. The number of carbonyl (C=O) groups is 2. The number of carbonyl (C=O) groups excluding carboxylic acids is 2. The summed E-state index contributed by atoms with van der Waals surface area (Å²) < 4.78 is 0. The number of hydrogen-bond acceptors (Lipinski definition) is 2. The summed E-state index contributed by atoms with van der Waals surface area (Å²) in [6.07, 6.45) is 1.38. The standard InChI is InChI=1S/C17H16O2.C2H6/c1-2-6-16(18)13-9-11-15(12-10-13)17(19)14-7-4-3-5-8-14;1-2/h3-5,7-12H,2,6H2,1H3;1-2H3. The van der Waals surface area contributed by atoms with E-state index in [1.807, 2.05) is 39.0 Å². The van der Waals surface area contributed by atoms with Gasteiger partial charge in [-0.15, -0.1) is 0 Å². The van der Waals surface area contributed by atoms with E-state index in [-0.39, 0.29) is 11.6 Å². The minimum atomic E-state index is -0.0184. The van der Waals surface area contributed by atoms with Gasteiger partial charge in [0, 0.05) is 23.1 Å². The fourth-order valence-electron chi connectivity index (χ4n) is 1.94. The summed E-state index contributed by atoms with van der Waals surface area (Å²) in [7, 11) is 0. The third-order valence-electron chi connectivity index (χ3n) is 2.98. The van der Waals surface area contributed by atoms with Gasteiger partial charge >= 0.3 is 0 Å². The third-order valence-corrected chi connectivity index (χ3v) is 2.98. The second kappa shape index (κ2) is 8.85. The van der Waals surface area contributed by atoms with E-state index in [0.717, 1.165) is 6.42 Å². The zero-order chi connectivity index (χ0) is 15.7. The highest BCUT2D eigenvalue weighted by Crippen LogP contribution is 2.12. The lowest BCUT2D eigenvalue weighted by atomic mass is 10.00. The van der Waals surface area contributed by atoms with Gasteiger partial charge in [0.2, 0.25) is 0 Å². The maximum absolute atomic E-state index is 12.2. The van der Waals surface area contributed by atoms with Gasteiger partial charge in [0.05, 0.1) is 0 Å². The van der Waals surface area contributed by atoms with Gasteiger partial charge in [-0.3, -0.25) is 9.59 Å². The van der Waals surface area contributed by atoms with Crippen LogP contribution in [0.25, 0.3) is 0 Å². The smallest absolute Gasteiger partial charge is 0.193 e. The average molecular weight is 282 g/mol. The van der Waals surface area contributed by atoms with Gasteiger partial charge in [0.15, 0.2) is 11.6 Å². The second-order valence-corrected chi connectivity index (χ2v) is 4.45. The molecule has 0 aliphatic rings. The van der Waals surface area contributed by atoms with Crippen molar-refractivity contribution in [3.63, 3.8) is 0 Å². The molecule has 0 saturated carbocycles. The molecule has 0 spiro atoms. The van der Waals surface area contributed by atoms with Gasteiger partial charge < -0.3 is 0 Å². The second-order valence-electron chi connectivity index (χ2n) is 4.45. The van der Waals surface area contributed by atoms with Crippen LogP contribution in [0.4, 0.5) is 0 Å². The van der Waals surface area contributed by atoms with Crippen LogP contribution < -0.4 is 0 Å². The van der Waals surface area contributed by atoms with E-state index in [9.17, 15) is 9.59 Å². The summed E-state index contributed by atoms with van der Waals surface area (Å²) in [6.45, 7) is 5.98. The van der Waals surface area contributed by atoms with E-state index in [4.69, 9.17) is 0 Å². The van der Waals surface area contributed by atoms with Gasteiger partial charge in [0.1, 0.15) is 0 Å². The topological polar surface area (TPSA) is 34.1 Å². The molecule has 0 heterocycles. The number of ketones is 2. The van der Waals surface area contributed by atoms with Crippen molar-refractivity contribution < 1.29 is 9.59 Å². The minimum absolute atomic E-state index is 0.0184. The van der Waals surface area contributed by atoms with Gasteiger partial charge in [-0.1, -0.05) is 75.4 Å². The van der Waals surface area contributed by atoms with E-state index >= 15 is 0 Å². The lowest BCUT2D eigenvalue weighted by Crippen LogP contribution is -2.03. The van der Waals surface area contributed by atoms with Gasteiger partial charge in [-0.2, -0.15) is 0 Å². The molecule has 0 aliphatic heterocycles. The number of hydrogen-bond donors (Lipinski definition) is 0. The van der Waals surface area contributed by atoms with E-state index in [1.54, 1.807) is 36.4 Å². The number of rotatable bonds is 5. The molecule has 0 aliphatic carbocycles. The summed E-state index contributed by atoms with van der Waals surface area (Å²) in [5.74, 6) is 0.108. The van der Waals surface area contributed by atoms with E-state index in [0.29, 0.717) is 23.1 Å². The molecule has 0 atom stereocenters. The van der Waals surface area contributed by atoms with E-state index in [1.165, 1.54) is 0 Å². The molecule has 2 aromatic carbocycles. The van der Waals surface area contributed by atoms with E-state index < -0.39 is 0 Å². The Balaban J connectivity index is 0.00000106. The largest absolute Gasteiger partial charge is 0.294 e. The highest BCUT2D eigenvalue weighted by atomic mass is 16.1. The lowest BCUT2D eigenvalue weighted by Gasteiger charge is -2.03. The van der Waals surface area contributed by atoms with Crippen molar-refractivity contribution in [1.82, 2.24) is 0 Å². The Morgan fingerprint density at radius 1 is 0.762 bits per heavy atom. The van der Waals surface area contributed by atoms with Crippen LogP contribution in [0.3, 0.4) is 0 Å². The Labute approximate surface area is 126 Å². The summed E-state index contributed by atoms with van der Waals surface area (Å²) in [5.41, 5.74) is 1.95. The Kier molecular flexibility index (Phi) is 7.10. The SMILES string of the molecule is CC.CCCC(=O)c1ccc(C(=O)c2ccccc2)cc1. The summed E-state index contributed by atoms with van der Waals surface area (Å²) in [4.78, 5) is 23.9. The van der Waals surface area contributed by atoms with Crippen LogP contribution in [-0.2, 0) is 0 Å². The molecule has 2 rings (SSSR count).